The van der Waals surface area contributed by atoms with Crippen molar-refractivity contribution in [3.8, 4) is 0 Å². The van der Waals surface area contributed by atoms with Crippen LogP contribution in [0.1, 0.15) is 25.7 Å². The van der Waals surface area contributed by atoms with Crippen molar-refractivity contribution in [3.05, 3.63) is 34.7 Å². The summed E-state index contributed by atoms with van der Waals surface area (Å²) in [6, 6.07) is 7.65. The molecule has 0 unspecified atom stereocenters. The maximum atomic E-state index is 11.9. The van der Waals surface area contributed by atoms with Crippen molar-refractivity contribution >= 4 is 16.9 Å². The molecule has 0 bridgehead atoms. The van der Waals surface area contributed by atoms with Gasteiger partial charge in [0.25, 0.3) is 0 Å². The number of aryl methyl sites for hydroxylation is 1. The van der Waals surface area contributed by atoms with E-state index in [9.17, 15) is 9.59 Å². The number of aromatic amines is 1. The number of hydrogen-bond donors (Lipinski definition) is 2. The van der Waals surface area contributed by atoms with Crippen molar-refractivity contribution in [2.45, 2.75) is 32.2 Å². The van der Waals surface area contributed by atoms with Crippen LogP contribution < -0.4 is 11.0 Å². The van der Waals surface area contributed by atoms with E-state index in [4.69, 9.17) is 0 Å². The van der Waals surface area contributed by atoms with Gasteiger partial charge in [-0.3, -0.25) is 9.36 Å². The number of hydrogen-bond acceptors (Lipinski definition) is 2. The van der Waals surface area contributed by atoms with Gasteiger partial charge in [0.05, 0.1) is 11.0 Å². The minimum Gasteiger partial charge on any atom is -0.356 e. The van der Waals surface area contributed by atoms with E-state index in [1.165, 1.54) is 6.42 Å². The summed E-state index contributed by atoms with van der Waals surface area (Å²) in [4.78, 5) is 26.4. The molecule has 0 aliphatic heterocycles. The highest BCUT2D eigenvalue weighted by Gasteiger charge is 2.24. The number of carbonyl (C=O) groups is 1. The van der Waals surface area contributed by atoms with Gasteiger partial charge in [0.1, 0.15) is 0 Å². The lowest BCUT2D eigenvalue weighted by atomic mass is 9.85. The van der Waals surface area contributed by atoms with Crippen LogP contribution >= 0.6 is 0 Å². The van der Waals surface area contributed by atoms with Crippen LogP contribution in [0.4, 0.5) is 0 Å². The van der Waals surface area contributed by atoms with Gasteiger partial charge < -0.3 is 10.3 Å². The fourth-order valence-electron chi connectivity index (χ4n) is 2.59. The standard InChI is InChI=1S/C15H19N3O2/c19-14(11-5-3-6-11)16-9-4-10-18-13-8-2-1-7-12(13)17-15(18)20/h1-2,7-8,11H,3-6,9-10H2,(H,16,19)(H,17,20). The molecule has 1 fully saturated rings. The second-order valence-electron chi connectivity index (χ2n) is 5.37. The number of H-pyrrole nitrogens is 1. The molecule has 3 rings (SSSR count). The molecular formula is C15H19N3O2. The second kappa shape index (κ2) is 5.53. The molecule has 1 amide bonds. The monoisotopic (exact) mass is 273 g/mol. The first kappa shape index (κ1) is 13.0. The highest BCUT2D eigenvalue weighted by Crippen LogP contribution is 2.26. The molecule has 1 heterocycles. The fourth-order valence-corrected chi connectivity index (χ4v) is 2.59. The Labute approximate surface area is 117 Å². The van der Waals surface area contributed by atoms with Crippen LogP contribution in [0.15, 0.2) is 29.1 Å². The zero-order valence-corrected chi connectivity index (χ0v) is 11.4. The molecule has 5 nitrogen and oxygen atoms in total. The van der Waals surface area contributed by atoms with E-state index in [0.29, 0.717) is 13.1 Å². The Hall–Kier alpha value is -2.04. The van der Waals surface area contributed by atoms with Crippen LogP contribution in [-0.4, -0.2) is 22.0 Å². The predicted molar refractivity (Wildman–Crippen MR) is 77.5 cm³/mol. The van der Waals surface area contributed by atoms with Crippen LogP contribution in [0, 0.1) is 5.92 Å². The van der Waals surface area contributed by atoms with Gasteiger partial charge in [-0.25, -0.2) is 4.79 Å². The molecule has 0 spiro atoms. The third-order valence-corrected chi connectivity index (χ3v) is 4.02. The second-order valence-corrected chi connectivity index (χ2v) is 5.37. The van der Waals surface area contributed by atoms with Crippen molar-refractivity contribution in [2.75, 3.05) is 6.54 Å². The van der Waals surface area contributed by atoms with Gasteiger partial charge in [-0.05, 0) is 31.4 Å². The summed E-state index contributed by atoms with van der Waals surface area (Å²) >= 11 is 0. The molecule has 1 aliphatic rings. The summed E-state index contributed by atoms with van der Waals surface area (Å²) in [6.45, 7) is 1.25. The number of nitrogens with zero attached hydrogens (tertiary/aromatic N) is 1. The normalized spacial score (nSPS) is 15.2. The van der Waals surface area contributed by atoms with Gasteiger partial charge in [0.15, 0.2) is 0 Å². The molecule has 1 aromatic heterocycles. The third-order valence-electron chi connectivity index (χ3n) is 4.02. The maximum absolute atomic E-state index is 11.9. The molecule has 2 aromatic rings. The summed E-state index contributed by atoms with van der Waals surface area (Å²) < 4.78 is 1.73. The van der Waals surface area contributed by atoms with E-state index >= 15 is 0 Å². The zero-order valence-electron chi connectivity index (χ0n) is 11.4. The molecule has 20 heavy (non-hydrogen) atoms. The minimum absolute atomic E-state index is 0.0866. The van der Waals surface area contributed by atoms with Crippen LogP contribution in [0.3, 0.4) is 0 Å². The number of fused-ring (bicyclic) bond motifs is 1. The number of rotatable bonds is 5. The average molecular weight is 273 g/mol. The van der Waals surface area contributed by atoms with Crippen molar-refractivity contribution in [1.29, 1.82) is 0 Å². The molecule has 0 saturated heterocycles. The highest BCUT2D eigenvalue weighted by molar-refractivity contribution is 5.79. The van der Waals surface area contributed by atoms with Gasteiger partial charge >= 0.3 is 5.69 Å². The predicted octanol–water partition coefficient (Wildman–Crippen LogP) is 1.64. The molecule has 0 atom stereocenters. The molecule has 1 aromatic carbocycles. The number of carbonyl (C=O) groups excluding carboxylic acids is 1. The van der Waals surface area contributed by atoms with E-state index in [1.807, 2.05) is 24.3 Å². The third kappa shape index (κ3) is 2.48. The van der Waals surface area contributed by atoms with Crippen LogP contribution in [0.2, 0.25) is 0 Å². The SMILES string of the molecule is O=C(NCCCn1c(=O)[nH]c2ccccc21)C1CCC1. The lowest BCUT2D eigenvalue weighted by Gasteiger charge is -2.23. The Bertz CT molecular complexity index is 667. The van der Waals surface area contributed by atoms with Crippen molar-refractivity contribution < 1.29 is 4.79 Å². The van der Waals surface area contributed by atoms with E-state index in [1.54, 1.807) is 4.57 Å². The zero-order chi connectivity index (χ0) is 13.9. The topological polar surface area (TPSA) is 66.9 Å². The largest absolute Gasteiger partial charge is 0.356 e. The number of amides is 1. The van der Waals surface area contributed by atoms with E-state index < -0.39 is 0 Å². The molecule has 2 N–H and O–H groups in total. The quantitative estimate of drug-likeness (QED) is 0.813. The summed E-state index contributed by atoms with van der Waals surface area (Å²) in [5.74, 6) is 0.397. The van der Waals surface area contributed by atoms with E-state index in [-0.39, 0.29) is 17.5 Å². The van der Waals surface area contributed by atoms with Crippen LogP contribution in [0.25, 0.3) is 11.0 Å². The Morgan fingerprint density at radius 1 is 1.35 bits per heavy atom. The number of benzene rings is 1. The van der Waals surface area contributed by atoms with Crippen molar-refractivity contribution in [3.63, 3.8) is 0 Å². The van der Waals surface area contributed by atoms with Crippen LogP contribution in [-0.2, 0) is 11.3 Å². The molecular weight excluding hydrogens is 254 g/mol. The van der Waals surface area contributed by atoms with E-state index in [2.05, 4.69) is 10.3 Å². The van der Waals surface area contributed by atoms with E-state index in [0.717, 1.165) is 30.3 Å². The first-order valence-corrected chi connectivity index (χ1v) is 7.21. The van der Waals surface area contributed by atoms with Crippen molar-refractivity contribution in [1.82, 2.24) is 14.9 Å². The van der Waals surface area contributed by atoms with Gasteiger partial charge in [-0.15, -0.1) is 0 Å². The molecule has 106 valence electrons. The number of nitrogens with one attached hydrogen (secondary N) is 2. The summed E-state index contributed by atoms with van der Waals surface area (Å²) in [5, 5.41) is 2.95. The molecule has 1 aliphatic carbocycles. The maximum Gasteiger partial charge on any atom is 0.326 e. The fraction of sp³-hybridized carbons (Fsp3) is 0.467. The highest BCUT2D eigenvalue weighted by atomic mass is 16.2. The first-order valence-electron chi connectivity index (χ1n) is 7.21. The Kier molecular flexibility index (Phi) is 3.58. The summed E-state index contributed by atoms with van der Waals surface area (Å²) in [7, 11) is 0. The van der Waals surface area contributed by atoms with Gasteiger partial charge in [0, 0.05) is 19.0 Å². The van der Waals surface area contributed by atoms with Crippen molar-refractivity contribution in [2.24, 2.45) is 5.92 Å². The summed E-state index contributed by atoms with van der Waals surface area (Å²) in [6.07, 6.45) is 3.98. The minimum atomic E-state index is -0.0866. The first-order chi connectivity index (χ1) is 9.75. The van der Waals surface area contributed by atoms with Crippen LogP contribution in [0.5, 0.6) is 0 Å². The number of para-hydroxylation sites is 2. The van der Waals surface area contributed by atoms with Gasteiger partial charge in [-0.1, -0.05) is 18.6 Å². The van der Waals surface area contributed by atoms with Gasteiger partial charge in [0.2, 0.25) is 5.91 Å². The Balaban J connectivity index is 1.56. The Morgan fingerprint density at radius 2 is 2.15 bits per heavy atom. The molecule has 0 radical (unpaired) electrons. The lowest BCUT2D eigenvalue weighted by molar-refractivity contribution is -0.127. The lowest BCUT2D eigenvalue weighted by Crippen LogP contribution is -2.35. The molecule has 1 saturated carbocycles. The number of aromatic nitrogens is 2. The average Bonchev–Trinajstić information content (AvgIpc) is 2.68. The smallest absolute Gasteiger partial charge is 0.326 e. The summed E-state index contributed by atoms with van der Waals surface area (Å²) in [5.41, 5.74) is 1.69. The van der Waals surface area contributed by atoms with Gasteiger partial charge in [-0.2, -0.15) is 0 Å². The molecule has 5 heteroatoms. The number of imidazole rings is 1. The Morgan fingerprint density at radius 3 is 2.90 bits per heavy atom.